The molecule has 24 heavy (non-hydrogen) atoms. The number of benzene rings is 1. The third-order valence-corrected chi connectivity index (χ3v) is 4.85. The van der Waals surface area contributed by atoms with Crippen LogP contribution in [0.4, 0.5) is 5.69 Å². The summed E-state index contributed by atoms with van der Waals surface area (Å²) in [5.74, 6) is 0. The predicted octanol–water partition coefficient (Wildman–Crippen LogP) is 4.28. The van der Waals surface area contributed by atoms with Crippen molar-refractivity contribution >= 4 is 28.2 Å². The number of aromatic nitrogens is 3. The summed E-state index contributed by atoms with van der Waals surface area (Å²) in [5, 5.41) is 21.4. The minimum atomic E-state index is 0.101. The summed E-state index contributed by atoms with van der Waals surface area (Å²) in [6.07, 6.45) is 2.99. The first-order valence-electron chi connectivity index (χ1n) is 7.96. The van der Waals surface area contributed by atoms with Gasteiger partial charge < -0.3 is 5.32 Å². The number of nitriles is 1. The molecule has 1 unspecified atom stereocenters. The Hall–Kier alpha value is -2.58. The van der Waals surface area contributed by atoms with Crippen molar-refractivity contribution in [2.75, 3.05) is 5.32 Å². The van der Waals surface area contributed by atoms with E-state index in [4.69, 9.17) is 16.9 Å². The molecule has 5 nitrogen and oxygen atoms in total. The Labute approximate surface area is 144 Å². The topological polar surface area (TPSA) is 77.4 Å². The van der Waals surface area contributed by atoms with Gasteiger partial charge >= 0.3 is 0 Å². The van der Waals surface area contributed by atoms with E-state index < -0.39 is 0 Å². The van der Waals surface area contributed by atoms with Crippen molar-refractivity contribution in [3.05, 3.63) is 51.9 Å². The molecule has 3 aromatic rings. The molecule has 6 heteroatoms. The van der Waals surface area contributed by atoms with Gasteiger partial charge in [0.2, 0.25) is 0 Å². The molecule has 2 N–H and O–H groups in total. The molecule has 0 saturated carbocycles. The fourth-order valence-electron chi connectivity index (χ4n) is 3.33. The van der Waals surface area contributed by atoms with Crippen LogP contribution >= 0.6 is 11.6 Å². The minimum absolute atomic E-state index is 0.101. The largest absolute Gasteiger partial charge is 0.377 e. The van der Waals surface area contributed by atoms with Crippen LogP contribution in [0.25, 0.3) is 10.9 Å². The molecule has 1 aromatic carbocycles. The van der Waals surface area contributed by atoms with Crippen LogP contribution in [0.15, 0.2) is 24.3 Å². The van der Waals surface area contributed by atoms with Gasteiger partial charge in [0.15, 0.2) is 0 Å². The van der Waals surface area contributed by atoms with Crippen molar-refractivity contribution in [3.63, 3.8) is 0 Å². The third kappa shape index (κ3) is 2.49. The number of nitrogens with one attached hydrogen (secondary N) is 2. The number of fused-ring (bicyclic) bond motifs is 2. The van der Waals surface area contributed by atoms with Gasteiger partial charge in [0.25, 0.3) is 0 Å². The summed E-state index contributed by atoms with van der Waals surface area (Å²) in [5.41, 5.74) is 5.56. The monoisotopic (exact) mass is 337 g/mol. The number of rotatable bonds is 2. The SMILES string of the molecule is Cc1[nH]nc2ccc(NC3CCCc4cc(C#N)c(Cl)nc43)cc12. The molecule has 0 aliphatic heterocycles. The summed E-state index contributed by atoms with van der Waals surface area (Å²) in [7, 11) is 0. The van der Waals surface area contributed by atoms with Gasteiger partial charge in [-0.1, -0.05) is 11.6 Å². The average molecular weight is 338 g/mol. The van der Waals surface area contributed by atoms with E-state index in [9.17, 15) is 0 Å². The number of pyridine rings is 1. The highest BCUT2D eigenvalue weighted by atomic mass is 35.5. The van der Waals surface area contributed by atoms with Crippen LogP contribution in [0.1, 0.15) is 41.4 Å². The Bertz CT molecular complexity index is 969. The van der Waals surface area contributed by atoms with Crippen LogP contribution in [0, 0.1) is 18.3 Å². The number of aromatic amines is 1. The Balaban J connectivity index is 1.69. The zero-order valence-electron chi connectivity index (χ0n) is 13.2. The molecule has 0 bridgehead atoms. The molecule has 0 saturated heterocycles. The zero-order chi connectivity index (χ0) is 16.7. The quantitative estimate of drug-likeness (QED) is 0.684. The van der Waals surface area contributed by atoms with E-state index >= 15 is 0 Å². The van der Waals surface area contributed by atoms with Crippen molar-refractivity contribution in [2.45, 2.75) is 32.2 Å². The molecule has 0 amide bonds. The lowest BCUT2D eigenvalue weighted by Crippen LogP contribution is -2.19. The highest BCUT2D eigenvalue weighted by Gasteiger charge is 2.23. The molecule has 1 aliphatic carbocycles. The van der Waals surface area contributed by atoms with Crippen molar-refractivity contribution in [1.82, 2.24) is 15.2 Å². The molecule has 2 aromatic heterocycles. The number of aryl methyl sites for hydroxylation is 2. The molecule has 1 aliphatic rings. The first-order chi connectivity index (χ1) is 11.7. The Kier molecular flexibility index (Phi) is 3.62. The third-order valence-electron chi connectivity index (χ3n) is 4.56. The maximum Gasteiger partial charge on any atom is 0.147 e. The molecule has 2 heterocycles. The van der Waals surface area contributed by atoms with Gasteiger partial charge in [-0.05, 0) is 56.0 Å². The number of anilines is 1. The molecule has 0 radical (unpaired) electrons. The van der Waals surface area contributed by atoms with Crippen LogP contribution < -0.4 is 5.32 Å². The fraction of sp³-hybridized carbons (Fsp3) is 0.278. The highest BCUT2D eigenvalue weighted by Crippen LogP contribution is 2.34. The number of hydrogen-bond donors (Lipinski definition) is 2. The molecule has 120 valence electrons. The standard InChI is InChI=1S/C18H16ClN5/c1-10-14-8-13(5-6-15(14)24-23-10)21-16-4-2-3-11-7-12(9-20)18(19)22-17(11)16/h5-8,16,21H,2-4H2,1H3,(H,23,24). The number of nitrogens with zero attached hydrogens (tertiary/aromatic N) is 3. The van der Waals surface area contributed by atoms with E-state index in [-0.39, 0.29) is 11.2 Å². The van der Waals surface area contributed by atoms with Crippen molar-refractivity contribution in [3.8, 4) is 6.07 Å². The molecular weight excluding hydrogens is 322 g/mol. The second kappa shape index (κ2) is 5.81. The predicted molar refractivity (Wildman–Crippen MR) is 94.1 cm³/mol. The first kappa shape index (κ1) is 15.0. The molecule has 0 spiro atoms. The Morgan fingerprint density at radius 2 is 2.25 bits per heavy atom. The number of halogens is 1. The highest BCUT2D eigenvalue weighted by molar-refractivity contribution is 6.30. The number of hydrogen-bond acceptors (Lipinski definition) is 4. The van der Waals surface area contributed by atoms with Gasteiger partial charge in [-0.25, -0.2) is 4.98 Å². The minimum Gasteiger partial charge on any atom is -0.377 e. The lowest BCUT2D eigenvalue weighted by atomic mass is 9.91. The first-order valence-corrected chi connectivity index (χ1v) is 8.34. The van der Waals surface area contributed by atoms with E-state index in [1.807, 2.05) is 25.1 Å². The van der Waals surface area contributed by atoms with Crippen LogP contribution in [-0.2, 0) is 6.42 Å². The van der Waals surface area contributed by atoms with Gasteiger partial charge in [0, 0.05) is 16.8 Å². The number of H-pyrrole nitrogens is 1. The van der Waals surface area contributed by atoms with Gasteiger partial charge in [0.1, 0.15) is 11.2 Å². The average Bonchev–Trinajstić information content (AvgIpc) is 2.96. The van der Waals surface area contributed by atoms with E-state index in [2.05, 4.69) is 32.6 Å². The molecule has 0 fully saturated rings. The van der Waals surface area contributed by atoms with Crippen LogP contribution in [0.5, 0.6) is 0 Å². The zero-order valence-corrected chi connectivity index (χ0v) is 14.0. The van der Waals surface area contributed by atoms with Gasteiger partial charge in [0.05, 0.1) is 22.8 Å². The Morgan fingerprint density at radius 3 is 3.08 bits per heavy atom. The lowest BCUT2D eigenvalue weighted by molar-refractivity contribution is 0.583. The normalized spacial score (nSPS) is 16.6. The van der Waals surface area contributed by atoms with E-state index in [1.54, 1.807) is 0 Å². The molecule has 4 rings (SSSR count). The van der Waals surface area contributed by atoms with Crippen LogP contribution in [0.3, 0.4) is 0 Å². The van der Waals surface area contributed by atoms with Gasteiger partial charge in [-0.3, -0.25) is 5.10 Å². The Morgan fingerprint density at radius 1 is 1.38 bits per heavy atom. The van der Waals surface area contributed by atoms with Crippen LogP contribution in [-0.4, -0.2) is 15.2 Å². The molecule has 1 atom stereocenters. The van der Waals surface area contributed by atoms with Gasteiger partial charge in [-0.15, -0.1) is 0 Å². The van der Waals surface area contributed by atoms with E-state index in [0.717, 1.165) is 52.8 Å². The van der Waals surface area contributed by atoms with Crippen LogP contribution in [0.2, 0.25) is 5.15 Å². The summed E-state index contributed by atoms with van der Waals surface area (Å²) < 4.78 is 0. The summed E-state index contributed by atoms with van der Waals surface area (Å²) in [6, 6.07) is 10.2. The van der Waals surface area contributed by atoms with Crippen molar-refractivity contribution in [1.29, 1.82) is 5.26 Å². The maximum atomic E-state index is 9.13. The fourth-order valence-corrected chi connectivity index (χ4v) is 3.52. The maximum absolute atomic E-state index is 9.13. The summed E-state index contributed by atoms with van der Waals surface area (Å²) >= 11 is 6.14. The van der Waals surface area contributed by atoms with E-state index in [0.29, 0.717) is 5.56 Å². The van der Waals surface area contributed by atoms with Crippen molar-refractivity contribution < 1.29 is 0 Å². The van der Waals surface area contributed by atoms with Gasteiger partial charge in [-0.2, -0.15) is 10.4 Å². The summed E-state index contributed by atoms with van der Waals surface area (Å²) in [4.78, 5) is 4.49. The van der Waals surface area contributed by atoms with Crippen molar-refractivity contribution in [2.24, 2.45) is 0 Å². The lowest BCUT2D eigenvalue weighted by Gasteiger charge is -2.26. The van der Waals surface area contributed by atoms with E-state index in [1.165, 1.54) is 0 Å². The second-order valence-corrected chi connectivity index (χ2v) is 6.51. The second-order valence-electron chi connectivity index (χ2n) is 6.15. The smallest absolute Gasteiger partial charge is 0.147 e. The molecular formula is C18H16ClN5. The summed E-state index contributed by atoms with van der Waals surface area (Å²) in [6.45, 7) is 2.01.